The average molecular weight is 912 g/mol. The second kappa shape index (κ2) is 21.6. The molecule has 3 saturated carbocycles. The van der Waals surface area contributed by atoms with E-state index in [0.29, 0.717) is 32.1 Å². The molecule has 0 aromatic carbocycles. The second-order valence-corrected chi connectivity index (χ2v) is 18.4. The van der Waals surface area contributed by atoms with Crippen molar-refractivity contribution in [3.63, 3.8) is 0 Å². The van der Waals surface area contributed by atoms with Crippen LogP contribution in [0.15, 0.2) is 12.2 Å². The maximum atomic E-state index is 12.8. The second-order valence-electron chi connectivity index (χ2n) is 18.4. The van der Waals surface area contributed by atoms with E-state index >= 15 is 0 Å². The summed E-state index contributed by atoms with van der Waals surface area (Å²) in [4.78, 5) is 12.8. The van der Waals surface area contributed by atoms with Gasteiger partial charge in [-0.25, -0.2) is 4.79 Å². The molecular weight excluding hydrogens is 844 g/mol. The standard InChI is InChI=1S/C41H66O22/c42-13-27-31(50)33(52)36(55)40(61-27)59-25-11-19(44)10-24-20(25)12-26(37(58-24)17-4-7-21(45)22(46)9-17)60-41-38(63-39-35(54)30(49)23(47)14-57-39)34(53)32(51)28(62-41)15-56-29(48)8-3-16-1-5-18(43)6-2-16/h3,8,16-28,30-47,49-55H,1-2,4-7,9-15H2/p+1. The topological polar surface area (TPSA) is 357 Å². The van der Waals surface area contributed by atoms with Crippen LogP contribution in [0.25, 0.3) is 0 Å². The summed E-state index contributed by atoms with van der Waals surface area (Å²) in [5.41, 5.74) is 0. The van der Waals surface area contributed by atoms with Gasteiger partial charge in [-0.15, -0.1) is 0 Å². The van der Waals surface area contributed by atoms with E-state index in [1.165, 1.54) is 6.08 Å². The number of esters is 1. The molecule has 23 unspecified atom stereocenters. The third-order valence-corrected chi connectivity index (χ3v) is 14.0. The van der Waals surface area contributed by atoms with Crippen molar-refractivity contribution in [1.82, 2.24) is 0 Å². The van der Waals surface area contributed by atoms with E-state index in [4.69, 9.17) is 37.9 Å². The summed E-state index contributed by atoms with van der Waals surface area (Å²) in [6.07, 6.45) is -23.0. The van der Waals surface area contributed by atoms with Crippen molar-refractivity contribution in [2.24, 2.45) is 17.8 Å². The van der Waals surface area contributed by atoms with Gasteiger partial charge in [-0.05, 0) is 57.3 Å². The zero-order chi connectivity index (χ0) is 45.3. The van der Waals surface area contributed by atoms with Gasteiger partial charge in [0.1, 0.15) is 79.9 Å². The number of aliphatic hydroxyl groups excluding tert-OH is 13. The van der Waals surface area contributed by atoms with Crippen molar-refractivity contribution in [3.8, 4) is 0 Å². The van der Waals surface area contributed by atoms with Gasteiger partial charge in [-0.2, -0.15) is 0 Å². The number of carbonyl (C=O) groups excluding carboxylic acids is 1. The number of ether oxygens (including phenoxy) is 8. The average Bonchev–Trinajstić information content (AvgIpc) is 3.26. The highest BCUT2D eigenvalue weighted by Crippen LogP contribution is 2.44. The summed E-state index contributed by atoms with van der Waals surface area (Å²) >= 11 is 0. The summed E-state index contributed by atoms with van der Waals surface area (Å²) in [5, 5.41) is 138. The van der Waals surface area contributed by atoms with Crippen molar-refractivity contribution >= 4 is 5.97 Å². The quantitative estimate of drug-likeness (QED) is 0.0493. The molecule has 63 heavy (non-hydrogen) atoms. The van der Waals surface area contributed by atoms with Crippen molar-refractivity contribution in [1.29, 1.82) is 0 Å². The Morgan fingerprint density at radius 2 is 1.29 bits per heavy atom. The number of carbonyl (C=O) groups is 1. The molecule has 0 spiro atoms. The first-order valence-electron chi connectivity index (χ1n) is 22.2. The number of allylic oxidation sites excluding steroid dienone is 1. The highest BCUT2D eigenvalue weighted by atomic mass is 16.8. The lowest BCUT2D eigenvalue weighted by Crippen LogP contribution is -2.65. The maximum absolute atomic E-state index is 12.8. The summed E-state index contributed by atoms with van der Waals surface area (Å²) < 4.78 is 46.8. The Morgan fingerprint density at radius 1 is 0.603 bits per heavy atom. The van der Waals surface area contributed by atoms with E-state index in [9.17, 15) is 71.2 Å². The van der Waals surface area contributed by atoms with Crippen molar-refractivity contribution < 1.29 is 109 Å². The van der Waals surface area contributed by atoms with E-state index in [-0.39, 0.29) is 44.1 Å². The maximum Gasteiger partial charge on any atom is 0.330 e. The van der Waals surface area contributed by atoms with Crippen LogP contribution < -0.4 is 0 Å². The lowest BCUT2D eigenvalue weighted by atomic mass is 9.72. The number of aliphatic hydroxyl groups is 15. The van der Waals surface area contributed by atoms with E-state index in [0.717, 1.165) is 0 Å². The first-order valence-corrected chi connectivity index (χ1v) is 22.2. The van der Waals surface area contributed by atoms with Gasteiger partial charge in [-0.1, -0.05) is 6.08 Å². The monoisotopic (exact) mass is 911 g/mol. The molecule has 14 N–H and O–H groups in total. The molecule has 7 aliphatic rings. The Labute approximate surface area is 363 Å². The fourth-order valence-corrected chi connectivity index (χ4v) is 10.2. The van der Waals surface area contributed by atoms with Gasteiger partial charge in [0.15, 0.2) is 31.1 Å². The smallest absolute Gasteiger partial charge is 0.330 e. The van der Waals surface area contributed by atoms with Crippen LogP contribution in [-0.4, -0.2) is 232 Å². The van der Waals surface area contributed by atoms with E-state index in [1.807, 2.05) is 0 Å². The van der Waals surface area contributed by atoms with E-state index < -0.39 is 166 Å². The van der Waals surface area contributed by atoms with E-state index in [1.54, 1.807) is 6.08 Å². The van der Waals surface area contributed by atoms with Crippen LogP contribution in [0.5, 0.6) is 0 Å². The minimum absolute atomic E-state index is 0.0175. The molecule has 22 heteroatoms. The molecule has 0 amide bonds. The lowest BCUT2D eigenvalue weighted by molar-refractivity contribution is -0.385. The van der Waals surface area contributed by atoms with Gasteiger partial charge in [0, 0.05) is 24.8 Å². The Kier molecular flexibility index (Phi) is 16.9. The lowest BCUT2D eigenvalue weighted by Gasteiger charge is -2.50. The minimum atomic E-state index is -1.86. The molecule has 0 aromatic rings. The fourth-order valence-electron chi connectivity index (χ4n) is 10.2. The Hall–Kier alpha value is -1.59. The summed E-state index contributed by atoms with van der Waals surface area (Å²) in [6, 6.07) is 0. The summed E-state index contributed by atoms with van der Waals surface area (Å²) in [7, 11) is 0. The van der Waals surface area contributed by atoms with Gasteiger partial charge in [0.05, 0.1) is 49.7 Å². The molecule has 23 atom stereocenters. The largest absolute Gasteiger partial charge is 0.460 e. The molecular formula is C41H67O22+. The van der Waals surface area contributed by atoms with Gasteiger partial charge >= 0.3 is 5.97 Å². The molecule has 7 fully saturated rings. The van der Waals surface area contributed by atoms with Crippen LogP contribution in [0.1, 0.15) is 64.2 Å². The minimum Gasteiger partial charge on any atom is -0.460 e. The predicted molar refractivity (Wildman–Crippen MR) is 207 cm³/mol. The van der Waals surface area contributed by atoms with Crippen LogP contribution in [0, 0.1) is 17.8 Å². The first kappa shape index (κ1) is 49.3. The summed E-state index contributed by atoms with van der Waals surface area (Å²) in [5.74, 6) is -1.68. The van der Waals surface area contributed by atoms with Crippen LogP contribution >= 0.6 is 0 Å². The molecule has 362 valence electrons. The SMILES string of the molecule is O=C(C=CC1CCC(O)CC1)OCC1OC(OC2CC3C(OC4OC(CO)C(O)C(O)C4O)CC(O)CC3[OH+]C2C2CCC(O)C(O)C2)C(OC2OCC(O)C(O)C2O)C(O)C1O. The Morgan fingerprint density at radius 3 is 2.00 bits per heavy atom. The highest BCUT2D eigenvalue weighted by Gasteiger charge is 2.57. The van der Waals surface area contributed by atoms with Crippen LogP contribution in [-0.2, 0) is 38.0 Å². The zero-order valence-corrected chi connectivity index (χ0v) is 34.8. The van der Waals surface area contributed by atoms with Crippen molar-refractivity contribution in [2.45, 2.75) is 199 Å². The zero-order valence-electron chi connectivity index (χ0n) is 34.8. The highest BCUT2D eigenvalue weighted by molar-refractivity contribution is 5.81. The third-order valence-electron chi connectivity index (χ3n) is 14.0. The number of rotatable bonds is 12. The molecule has 3 aliphatic carbocycles. The Bertz CT molecular complexity index is 1480. The molecule has 0 bridgehead atoms. The number of hydrogen-bond donors (Lipinski definition) is 13. The molecule has 22 nitrogen and oxygen atoms in total. The van der Waals surface area contributed by atoms with Crippen LogP contribution in [0.4, 0.5) is 0 Å². The van der Waals surface area contributed by atoms with Gasteiger partial charge in [-0.3, -0.25) is 0 Å². The molecule has 4 aliphatic heterocycles. The molecule has 7 rings (SSSR count). The predicted octanol–water partition coefficient (Wildman–Crippen LogP) is -5.56. The molecule has 4 heterocycles. The fraction of sp³-hybridized carbons (Fsp3) is 0.927. The van der Waals surface area contributed by atoms with Crippen LogP contribution in [0.2, 0.25) is 0 Å². The molecule has 0 radical (unpaired) electrons. The van der Waals surface area contributed by atoms with E-state index in [2.05, 4.69) is 0 Å². The number of fused-ring (bicyclic) bond motifs is 1. The Balaban J connectivity index is 1.14. The van der Waals surface area contributed by atoms with Gasteiger partial charge in [0.25, 0.3) is 0 Å². The van der Waals surface area contributed by atoms with Gasteiger partial charge in [0.2, 0.25) is 0 Å². The van der Waals surface area contributed by atoms with Crippen LogP contribution in [0.3, 0.4) is 0 Å². The first-order chi connectivity index (χ1) is 30.0. The molecule has 0 aromatic heterocycles. The van der Waals surface area contributed by atoms with Crippen molar-refractivity contribution in [3.05, 3.63) is 12.2 Å². The van der Waals surface area contributed by atoms with Crippen molar-refractivity contribution in [2.75, 3.05) is 19.8 Å². The third kappa shape index (κ3) is 11.4. The molecule has 4 saturated heterocycles. The summed E-state index contributed by atoms with van der Waals surface area (Å²) in [6.45, 7) is -1.72. The van der Waals surface area contributed by atoms with Gasteiger partial charge < -0.3 is 104 Å². The number of hydrogen-bond acceptors (Lipinski definition) is 21. The normalized spacial score (nSPS) is 51.1.